The Balaban J connectivity index is 1.43. The molecule has 0 spiro atoms. The first-order chi connectivity index (χ1) is 14.6. The summed E-state index contributed by atoms with van der Waals surface area (Å²) < 4.78 is 24.8. The van der Waals surface area contributed by atoms with Gasteiger partial charge in [-0.1, -0.05) is 12.1 Å². The number of pyridine rings is 1. The first-order valence-corrected chi connectivity index (χ1v) is 9.87. The standard InChI is InChI=1S/C22H23FN4O3/c23-19(7-9-24)26-17-5-3-15(4-6-17)12-27-13-16-8-10-25-21(20(16)22(27)28)30-14-18-2-1-11-29-18/h3-10,18H,1-2,11-14,24H2. The average molecular weight is 410 g/mol. The van der Waals surface area contributed by atoms with E-state index in [0.29, 0.717) is 36.8 Å². The quantitative estimate of drug-likeness (QED) is 0.708. The van der Waals surface area contributed by atoms with Gasteiger partial charge >= 0.3 is 0 Å². The lowest BCUT2D eigenvalue weighted by Gasteiger charge is -2.16. The molecule has 2 aromatic rings. The summed E-state index contributed by atoms with van der Waals surface area (Å²) in [5.41, 5.74) is 7.96. The van der Waals surface area contributed by atoms with Gasteiger partial charge in [0.25, 0.3) is 5.91 Å². The van der Waals surface area contributed by atoms with Crippen LogP contribution in [-0.2, 0) is 17.8 Å². The fourth-order valence-electron chi connectivity index (χ4n) is 3.60. The summed E-state index contributed by atoms with van der Waals surface area (Å²) in [6.45, 7) is 2.06. The van der Waals surface area contributed by atoms with Gasteiger partial charge in [-0.15, -0.1) is 0 Å². The lowest BCUT2D eigenvalue weighted by Crippen LogP contribution is -2.24. The van der Waals surface area contributed by atoms with Gasteiger partial charge in [0.1, 0.15) is 12.2 Å². The Morgan fingerprint density at radius 2 is 2.20 bits per heavy atom. The smallest absolute Gasteiger partial charge is 0.260 e. The number of carbonyl (C=O) groups is 1. The van der Waals surface area contributed by atoms with Crippen LogP contribution in [-0.4, -0.2) is 41.1 Å². The molecule has 3 heterocycles. The molecule has 1 aromatic heterocycles. The van der Waals surface area contributed by atoms with Gasteiger partial charge in [-0.25, -0.2) is 9.98 Å². The summed E-state index contributed by atoms with van der Waals surface area (Å²) in [5.74, 6) is -0.413. The molecular weight excluding hydrogens is 387 g/mol. The Morgan fingerprint density at radius 1 is 1.37 bits per heavy atom. The van der Waals surface area contributed by atoms with Gasteiger partial charge in [0, 0.05) is 32.0 Å². The van der Waals surface area contributed by atoms with Crippen molar-refractivity contribution in [2.24, 2.45) is 10.7 Å². The maximum absolute atomic E-state index is 13.4. The molecule has 1 atom stereocenters. The number of nitrogens with two attached hydrogens (primary N) is 1. The van der Waals surface area contributed by atoms with Crippen LogP contribution < -0.4 is 10.5 Å². The average Bonchev–Trinajstić information content (AvgIpc) is 3.37. The first-order valence-electron chi connectivity index (χ1n) is 9.87. The van der Waals surface area contributed by atoms with Crippen LogP contribution in [0.25, 0.3) is 0 Å². The van der Waals surface area contributed by atoms with E-state index in [1.54, 1.807) is 23.2 Å². The molecule has 0 bridgehead atoms. The molecule has 7 nitrogen and oxygen atoms in total. The number of carbonyl (C=O) groups excluding carboxylic acids is 1. The van der Waals surface area contributed by atoms with Crippen molar-refractivity contribution in [3.63, 3.8) is 0 Å². The second-order valence-corrected chi connectivity index (χ2v) is 7.22. The Labute approximate surface area is 174 Å². The topological polar surface area (TPSA) is 90.0 Å². The summed E-state index contributed by atoms with van der Waals surface area (Å²) in [4.78, 5) is 22.8. The van der Waals surface area contributed by atoms with E-state index in [-0.39, 0.29) is 12.0 Å². The van der Waals surface area contributed by atoms with Crippen molar-refractivity contribution in [2.45, 2.75) is 32.0 Å². The number of fused-ring (bicyclic) bond motifs is 1. The molecule has 1 saturated heterocycles. The zero-order valence-corrected chi connectivity index (χ0v) is 16.5. The molecule has 0 aliphatic carbocycles. The van der Waals surface area contributed by atoms with E-state index >= 15 is 0 Å². The van der Waals surface area contributed by atoms with Crippen molar-refractivity contribution in [3.8, 4) is 5.88 Å². The summed E-state index contributed by atoms with van der Waals surface area (Å²) in [7, 11) is 0. The van der Waals surface area contributed by atoms with Crippen LogP contribution in [0.15, 0.2) is 53.8 Å². The third-order valence-corrected chi connectivity index (χ3v) is 5.07. The number of nitrogens with zero attached hydrogens (tertiary/aromatic N) is 3. The van der Waals surface area contributed by atoms with Gasteiger partial charge in [0.05, 0.1) is 11.8 Å². The monoisotopic (exact) mass is 410 g/mol. The number of benzene rings is 1. The molecule has 1 aromatic carbocycles. The number of allylic oxidation sites excluding steroid dienone is 1. The Kier molecular flexibility index (Phi) is 6.04. The number of hydrogen-bond acceptors (Lipinski definition) is 6. The van der Waals surface area contributed by atoms with Crippen molar-refractivity contribution >= 4 is 17.6 Å². The predicted molar refractivity (Wildman–Crippen MR) is 110 cm³/mol. The second kappa shape index (κ2) is 9.04. The highest BCUT2D eigenvalue weighted by molar-refractivity contribution is 6.00. The van der Waals surface area contributed by atoms with Crippen LogP contribution >= 0.6 is 0 Å². The number of hydrogen-bond donors (Lipinski definition) is 1. The van der Waals surface area contributed by atoms with Gasteiger partial charge in [0.15, 0.2) is 0 Å². The number of amides is 1. The normalized spacial score (nSPS) is 19.0. The van der Waals surface area contributed by atoms with Gasteiger partial charge in [-0.3, -0.25) is 4.79 Å². The SMILES string of the molecule is NC=CC(F)=Nc1ccc(CN2Cc3ccnc(OCC4CCCO4)c3C2=O)cc1. The van der Waals surface area contributed by atoms with Crippen molar-refractivity contribution in [3.05, 3.63) is 65.5 Å². The van der Waals surface area contributed by atoms with Crippen LogP contribution in [0.5, 0.6) is 5.88 Å². The Hall–Kier alpha value is -3.26. The molecule has 2 aliphatic rings. The van der Waals surface area contributed by atoms with Crippen LogP contribution in [0.1, 0.15) is 34.3 Å². The highest BCUT2D eigenvalue weighted by atomic mass is 19.1. The lowest BCUT2D eigenvalue weighted by molar-refractivity contribution is 0.0643. The second-order valence-electron chi connectivity index (χ2n) is 7.22. The van der Waals surface area contributed by atoms with Gasteiger partial charge in [-0.2, -0.15) is 4.39 Å². The molecular formula is C22H23FN4O3. The van der Waals surface area contributed by atoms with Gasteiger partial charge in [-0.05, 0) is 48.4 Å². The number of halogens is 1. The van der Waals surface area contributed by atoms with E-state index in [9.17, 15) is 9.18 Å². The molecule has 1 fully saturated rings. The molecule has 8 heteroatoms. The molecule has 156 valence electrons. The fourth-order valence-corrected chi connectivity index (χ4v) is 3.60. The third kappa shape index (κ3) is 4.49. The van der Waals surface area contributed by atoms with E-state index in [0.717, 1.165) is 42.9 Å². The zero-order valence-electron chi connectivity index (χ0n) is 16.5. The van der Waals surface area contributed by atoms with E-state index in [2.05, 4.69) is 9.98 Å². The highest BCUT2D eigenvalue weighted by Crippen LogP contribution is 2.31. The molecule has 0 radical (unpaired) electrons. The minimum atomic E-state index is -0.668. The molecule has 2 N–H and O–H groups in total. The number of ether oxygens (including phenoxy) is 2. The van der Waals surface area contributed by atoms with Crippen LogP contribution in [0.2, 0.25) is 0 Å². The Morgan fingerprint density at radius 3 is 2.93 bits per heavy atom. The van der Waals surface area contributed by atoms with E-state index in [4.69, 9.17) is 15.2 Å². The minimum Gasteiger partial charge on any atom is -0.474 e. The number of aliphatic imine (C=N–C) groups is 1. The third-order valence-electron chi connectivity index (χ3n) is 5.07. The van der Waals surface area contributed by atoms with E-state index in [1.165, 1.54) is 0 Å². The lowest BCUT2D eigenvalue weighted by atomic mass is 10.2. The maximum Gasteiger partial charge on any atom is 0.260 e. The van der Waals surface area contributed by atoms with Crippen LogP contribution in [0, 0.1) is 0 Å². The number of aromatic nitrogens is 1. The largest absolute Gasteiger partial charge is 0.474 e. The molecule has 2 aliphatic heterocycles. The summed E-state index contributed by atoms with van der Waals surface area (Å²) in [6, 6.07) is 8.89. The molecule has 1 amide bonds. The van der Waals surface area contributed by atoms with Gasteiger partial charge in [0.2, 0.25) is 11.8 Å². The van der Waals surface area contributed by atoms with E-state index in [1.807, 2.05) is 18.2 Å². The summed E-state index contributed by atoms with van der Waals surface area (Å²) in [6.07, 6.45) is 5.89. The van der Waals surface area contributed by atoms with Crippen molar-refractivity contribution in [1.29, 1.82) is 0 Å². The van der Waals surface area contributed by atoms with E-state index < -0.39 is 5.97 Å². The summed E-state index contributed by atoms with van der Waals surface area (Å²) in [5, 5.41) is 0. The molecule has 30 heavy (non-hydrogen) atoms. The predicted octanol–water partition coefficient (Wildman–Crippen LogP) is 3.27. The van der Waals surface area contributed by atoms with Gasteiger partial charge < -0.3 is 20.1 Å². The van der Waals surface area contributed by atoms with Crippen molar-refractivity contribution in [1.82, 2.24) is 9.88 Å². The van der Waals surface area contributed by atoms with Crippen LogP contribution in [0.4, 0.5) is 10.1 Å². The van der Waals surface area contributed by atoms with Crippen molar-refractivity contribution < 1.29 is 18.7 Å². The molecule has 0 saturated carbocycles. The zero-order chi connectivity index (χ0) is 20.9. The minimum absolute atomic E-state index is 0.0571. The van der Waals surface area contributed by atoms with Crippen LogP contribution in [0.3, 0.4) is 0 Å². The Bertz CT molecular complexity index is 969. The maximum atomic E-state index is 13.4. The first kappa shape index (κ1) is 20.0. The van der Waals surface area contributed by atoms with Crippen molar-refractivity contribution in [2.75, 3.05) is 13.2 Å². The molecule has 4 rings (SSSR count). The highest BCUT2D eigenvalue weighted by Gasteiger charge is 2.32. The molecule has 1 unspecified atom stereocenters. The summed E-state index contributed by atoms with van der Waals surface area (Å²) >= 11 is 0. The fraction of sp³-hybridized carbons (Fsp3) is 0.318. The number of rotatable bonds is 7.